The molecule has 0 aliphatic carbocycles. The van der Waals surface area contributed by atoms with Crippen LogP contribution in [0, 0.1) is 6.92 Å². The maximum atomic E-state index is 12.4. The van der Waals surface area contributed by atoms with E-state index in [1.807, 2.05) is 32.2 Å². The number of nitrogens with zero attached hydrogens (tertiary/aromatic N) is 3. The number of rotatable bonds is 6. The number of aryl methyl sites for hydroxylation is 1. The maximum absolute atomic E-state index is 12.4. The zero-order chi connectivity index (χ0) is 18.0. The van der Waals surface area contributed by atoms with Crippen molar-refractivity contribution in [3.8, 4) is 0 Å². The van der Waals surface area contributed by atoms with E-state index in [1.165, 1.54) is 11.3 Å². The van der Waals surface area contributed by atoms with Crippen LogP contribution in [0.1, 0.15) is 49.6 Å². The van der Waals surface area contributed by atoms with Crippen LogP contribution >= 0.6 is 11.3 Å². The van der Waals surface area contributed by atoms with Crippen molar-refractivity contribution in [2.24, 2.45) is 0 Å². The molecule has 7 heteroatoms. The van der Waals surface area contributed by atoms with Gasteiger partial charge in [-0.3, -0.25) is 4.79 Å². The minimum Gasteiger partial charge on any atom is -0.324 e. The van der Waals surface area contributed by atoms with Crippen LogP contribution in [0.25, 0.3) is 4.96 Å². The Morgan fingerprint density at radius 3 is 2.84 bits per heavy atom. The lowest BCUT2D eigenvalue weighted by Gasteiger charge is -2.17. The second-order valence-electron chi connectivity index (χ2n) is 6.48. The fourth-order valence-corrected chi connectivity index (χ4v) is 3.35. The number of nitrogens with one attached hydrogen (secondary N) is 2. The summed E-state index contributed by atoms with van der Waals surface area (Å²) in [6, 6.07) is 6.08. The molecule has 0 aliphatic rings. The molecule has 1 amide bonds. The normalized spacial score (nSPS) is 12.7. The summed E-state index contributed by atoms with van der Waals surface area (Å²) in [5.41, 5.74) is 5.79. The monoisotopic (exact) mass is 357 g/mol. The van der Waals surface area contributed by atoms with Crippen molar-refractivity contribution in [3.05, 3.63) is 46.7 Å². The number of hydrogen-bond donors (Lipinski definition) is 2. The van der Waals surface area contributed by atoms with Crippen molar-refractivity contribution < 1.29 is 4.79 Å². The third kappa shape index (κ3) is 3.88. The lowest BCUT2D eigenvalue weighted by Crippen LogP contribution is -2.30. The molecule has 0 bridgehead atoms. The number of fused-ring (bicyclic) bond motifs is 1. The Hall–Kier alpha value is -2.25. The minimum atomic E-state index is -0.0535. The molecule has 3 aromatic rings. The first kappa shape index (κ1) is 17.6. The van der Waals surface area contributed by atoms with Crippen LogP contribution in [0.2, 0.25) is 0 Å². The topological polar surface area (TPSA) is 71.3 Å². The summed E-state index contributed by atoms with van der Waals surface area (Å²) in [4.78, 5) is 17.8. The van der Waals surface area contributed by atoms with E-state index in [9.17, 15) is 4.79 Å². The van der Waals surface area contributed by atoms with Crippen molar-refractivity contribution in [3.63, 3.8) is 0 Å². The standard InChI is InChI=1S/C18H23N5OS/c1-11(2)14-7-5-6-12(3)17(14)22-16(24)8-19-13(4)15-9-23-18(21-15)25-10-20-23/h5-7,9-11,13,19H,8H2,1-4H3,(H,22,24)/t13-/m1/s1. The molecule has 0 radical (unpaired) electrons. The Kier molecular flexibility index (Phi) is 5.15. The minimum absolute atomic E-state index is 0.0268. The lowest BCUT2D eigenvalue weighted by atomic mass is 9.98. The fourth-order valence-electron chi connectivity index (χ4n) is 2.74. The molecule has 0 fully saturated rings. The van der Waals surface area contributed by atoms with Gasteiger partial charge in [0.05, 0.1) is 18.4 Å². The number of amides is 1. The zero-order valence-electron chi connectivity index (χ0n) is 14.9. The van der Waals surface area contributed by atoms with Gasteiger partial charge >= 0.3 is 0 Å². The number of carbonyl (C=O) groups is 1. The molecule has 6 nitrogen and oxygen atoms in total. The van der Waals surface area contributed by atoms with Crippen molar-refractivity contribution >= 4 is 27.9 Å². The summed E-state index contributed by atoms with van der Waals surface area (Å²) in [6.45, 7) is 8.49. The summed E-state index contributed by atoms with van der Waals surface area (Å²) >= 11 is 1.49. The maximum Gasteiger partial charge on any atom is 0.238 e. The highest BCUT2D eigenvalue weighted by atomic mass is 32.1. The summed E-state index contributed by atoms with van der Waals surface area (Å²) in [5, 5.41) is 10.5. The number of carbonyl (C=O) groups excluding carboxylic acids is 1. The van der Waals surface area contributed by atoms with E-state index in [0.717, 1.165) is 27.5 Å². The molecular weight excluding hydrogens is 334 g/mol. The van der Waals surface area contributed by atoms with Crippen LogP contribution in [-0.4, -0.2) is 27.0 Å². The Morgan fingerprint density at radius 2 is 2.12 bits per heavy atom. The Bertz CT molecular complexity index is 854. The quantitative estimate of drug-likeness (QED) is 0.708. The van der Waals surface area contributed by atoms with Crippen molar-refractivity contribution in [2.45, 2.75) is 39.7 Å². The summed E-state index contributed by atoms with van der Waals surface area (Å²) in [6.07, 6.45) is 1.89. The van der Waals surface area contributed by atoms with E-state index >= 15 is 0 Å². The van der Waals surface area contributed by atoms with Gasteiger partial charge in [0, 0.05) is 11.7 Å². The van der Waals surface area contributed by atoms with E-state index in [-0.39, 0.29) is 18.5 Å². The molecule has 1 aromatic carbocycles. The van der Waals surface area contributed by atoms with Crippen LogP contribution in [0.3, 0.4) is 0 Å². The van der Waals surface area contributed by atoms with Crippen LogP contribution < -0.4 is 10.6 Å². The predicted octanol–water partition coefficient (Wildman–Crippen LogP) is 3.51. The molecule has 2 N–H and O–H groups in total. The number of para-hydroxylation sites is 1. The van der Waals surface area contributed by atoms with Gasteiger partial charge in [0.2, 0.25) is 10.9 Å². The smallest absolute Gasteiger partial charge is 0.238 e. The summed E-state index contributed by atoms with van der Waals surface area (Å²) in [7, 11) is 0. The first-order chi connectivity index (χ1) is 12.0. The molecule has 0 aliphatic heterocycles. The van der Waals surface area contributed by atoms with Gasteiger partial charge in [-0.1, -0.05) is 43.4 Å². The lowest BCUT2D eigenvalue weighted by molar-refractivity contribution is -0.115. The van der Waals surface area contributed by atoms with Gasteiger partial charge in [0.1, 0.15) is 5.51 Å². The average molecular weight is 357 g/mol. The molecule has 2 aromatic heterocycles. The van der Waals surface area contributed by atoms with Gasteiger partial charge < -0.3 is 10.6 Å². The number of aromatic nitrogens is 3. The summed E-state index contributed by atoms with van der Waals surface area (Å²) < 4.78 is 1.75. The van der Waals surface area contributed by atoms with Gasteiger partial charge in [0.15, 0.2) is 0 Å². The van der Waals surface area contributed by atoms with E-state index < -0.39 is 0 Å². The highest BCUT2D eigenvalue weighted by Gasteiger charge is 2.15. The van der Waals surface area contributed by atoms with Crippen molar-refractivity contribution in [1.29, 1.82) is 0 Å². The number of hydrogen-bond acceptors (Lipinski definition) is 5. The third-order valence-corrected chi connectivity index (χ3v) is 4.90. The Morgan fingerprint density at radius 1 is 1.32 bits per heavy atom. The molecule has 132 valence electrons. The van der Waals surface area contributed by atoms with E-state index in [0.29, 0.717) is 5.92 Å². The third-order valence-electron chi connectivity index (χ3n) is 4.21. The van der Waals surface area contributed by atoms with Crippen LogP contribution in [0.5, 0.6) is 0 Å². The van der Waals surface area contributed by atoms with Gasteiger partial charge in [-0.05, 0) is 30.9 Å². The van der Waals surface area contributed by atoms with E-state index in [2.05, 4.69) is 40.6 Å². The van der Waals surface area contributed by atoms with Gasteiger partial charge in [-0.15, -0.1) is 0 Å². The highest BCUT2D eigenvalue weighted by Crippen LogP contribution is 2.27. The first-order valence-electron chi connectivity index (χ1n) is 8.37. The van der Waals surface area contributed by atoms with Crippen molar-refractivity contribution in [1.82, 2.24) is 19.9 Å². The SMILES string of the molecule is Cc1cccc(C(C)C)c1NC(=O)CN[C@H](C)c1cn2ncsc2n1. The Labute approximate surface area is 151 Å². The van der Waals surface area contributed by atoms with Crippen LogP contribution in [-0.2, 0) is 4.79 Å². The molecular formula is C18H23N5OS. The molecule has 1 atom stereocenters. The summed E-state index contributed by atoms with van der Waals surface area (Å²) in [5.74, 6) is 0.301. The van der Waals surface area contributed by atoms with Gasteiger partial charge in [-0.25, -0.2) is 9.50 Å². The number of benzene rings is 1. The Balaban J connectivity index is 1.62. The number of imidazole rings is 1. The molecule has 0 saturated carbocycles. The zero-order valence-corrected chi connectivity index (χ0v) is 15.7. The molecule has 0 spiro atoms. The fraction of sp³-hybridized carbons (Fsp3) is 0.389. The second kappa shape index (κ2) is 7.33. The van der Waals surface area contributed by atoms with Gasteiger partial charge in [-0.2, -0.15) is 5.10 Å². The second-order valence-corrected chi connectivity index (χ2v) is 7.29. The molecule has 3 rings (SSSR count). The molecule has 2 heterocycles. The molecule has 25 heavy (non-hydrogen) atoms. The molecule has 0 unspecified atom stereocenters. The first-order valence-corrected chi connectivity index (χ1v) is 9.25. The predicted molar refractivity (Wildman–Crippen MR) is 101 cm³/mol. The number of anilines is 1. The van der Waals surface area contributed by atoms with E-state index in [1.54, 1.807) is 10.0 Å². The molecule has 0 saturated heterocycles. The van der Waals surface area contributed by atoms with E-state index in [4.69, 9.17) is 0 Å². The largest absolute Gasteiger partial charge is 0.324 e. The average Bonchev–Trinajstić information content (AvgIpc) is 3.16. The van der Waals surface area contributed by atoms with Gasteiger partial charge in [0.25, 0.3) is 0 Å². The highest BCUT2D eigenvalue weighted by molar-refractivity contribution is 7.14. The van der Waals surface area contributed by atoms with Crippen molar-refractivity contribution in [2.75, 3.05) is 11.9 Å². The van der Waals surface area contributed by atoms with Crippen LogP contribution in [0.15, 0.2) is 29.9 Å². The van der Waals surface area contributed by atoms with Crippen LogP contribution in [0.4, 0.5) is 5.69 Å².